The van der Waals surface area contributed by atoms with Gasteiger partial charge in [0.2, 0.25) is 11.8 Å². The van der Waals surface area contributed by atoms with Crippen LogP contribution in [0.3, 0.4) is 0 Å². The fraction of sp³-hybridized carbons (Fsp3) is 0.600. The van der Waals surface area contributed by atoms with Gasteiger partial charge < -0.3 is 14.5 Å². The minimum atomic E-state index is 0.321. The van der Waals surface area contributed by atoms with Crippen molar-refractivity contribution in [2.75, 3.05) is 7.11 Å². The third-order valence-electron chi connectivity index (χ3n) is 5.20. The third kappa shape index (κ3) is 4.40. The number of nitrogens with zero attached hydrogens (tertiary/aromatic N) is 2. The average molecular weight is 343 g/mol. The Morgan fingerprint density at radius 3 is 2.52 bits per heavy atom. The summed E-state index contributed by atoms with van der Waals surface area (Å²) < 4.78 is 11.0. The summed E-state index contributed by atoms with van der Waals surface area (Å²) in [7, 11) is 1.65. The molecule has 1 saturated carbocycles. The Bertz CT molecular complexity index is 673. The van der Waals surface area contributed by atoms with Gasteiger partial charge in [-0.15, -0.1) is 10.2 Å². The Morgan fingerprint density at radius 1 is 1.12 bits per heavy atom. The Kier molecular flexibility index (Phi) is 5.42. The van der Waals surface area contributed by atoms with Crippen molar-refractivity contribution in [1.29, 1.82) is 0 Å². The fourth-order valence-corrected chi connectivity index (χ4v) is 3.81. The van der Waals surface area contributed by atoms with Gasteiger partial charge in [0.25, 0.3) is 0 Å². The first-order valence-electron chi connectivity index (χ1n) is 9.17. The summed E-state index contributed by atoms with van der Waals surface area (Å²) in [6.45, 7) is 7.64. The molecule has 1 aromatic heterocycles. The highest BCUT2D eigenvalue weighted by molar-refractivity contribution is 5.53. The summed E-state index contributed by atoms with van der Waals surface area (Å²) in [6.07, 6.45) is 5.15. The van der Waals surface area contributed by atoms with Crippen LogP contribution in [0.2, 0.25) is 0 Å². The van der Waals surface area contributed by atoms with E-state index < -0.39 is 0 Å². The molecule has 5 nitrogen and oxygen atoms in total. The van der Waals surface area contributed by atoms with E-state index in [4.69, 9.17) is 9.15 Å². The molecule has 0 radical (unpaired) electrons. The second-order valence-electron chi connectivity index (χ2n) is 7.97. The van der Waals surface area contributed by atoms with Gasteiger partial charge in [0, 0.05) is 11.6 Å². The van der Waals surface area contributed by atoms with Crippen LogP contribution in [0.4, 0.5) is 0 Å². The van der Waals surface area contributed by atoms with Crippen LogP contribution < -0.4 is 10.1 Å². The van der Waals surface area contributed by atoms with Crippen LogP contribution in [0, 0.1) is 11.3 Å². The van der Waals surface area contributed by atoms with Crippen LogP contribution in [0.25, 0.3) is 11.5 Å². The SMILES string of the molecule is COc1ccc(-c2nnc(CNC3CCCCC3C(C)(C)C)o2)cc1. The van der Waals surface area contributed by atoms with E-state index in [0.29, 0.717) is 35.7 Å². The van der Waals surface area contributed by atoms with Crippen LogP contribution >= 0.6 is 0 Å². The highest BCUT2D eigenvalue weighted by Gasteiger charge is 2.33. The lowest BCUT2D eigenvalue weighted by Crippen LogP contribution is -2.43. The van der Waals surface area contributed by atoms with Crippen LogP contribution in [-0.4, -0.2) is 23.3 Å². The van der Waals surface area contributed by atoms with Gasteiger partial charge in [-0.1, -0.05) is 33.6 Å². The highest BCUT2D eigenvalue weighted by Crippen LogP contribution is 2.38. The zero-order valence-electron chi connectivity index (χ0n) is 15.7. The molecule has 136 valence electrons. The highest BCUT2D eigenvalue weighted by atomic mass is 16.5. The third-order valence-corrected chi connectivity index (χ3v) is 5.20. The first-order valence-corrected chi connectivity index (χ1v) is 9.17. The molecule has 0 spiro atoms. The topological polar surface area (TPSA) is 60.2 Å². The monoisotopic (exact) mass is 343 g/mol. The van der Waals surface area contributed by atoms with Gasteiger partial charge in [0.15, 0.2) is 0 Å². The molecule has 2 unspecified atom stereocenters. The van der Waals surface area contributed by atoms with E-state index in [2.05, 4.69) is 36.3 Å². The molecular formula is C20H29N3O2. The number of rotatable bonds is 5. The van der Waals surface area contributed by atoms with E-state index in [-0.39, 0.29) is 0 Å². The number of methoxy groups -OCH3 is 1. The minimum Gasteiger partial charge on any atom is -0.497 e. The van der Waals surface area contributed by atoms with E-state index in [9.17, 15) is 0 Å². The molecule has 5 heteroatoms. The number of hydrogen-bond donors (Lipinski definition) is 1. The summed E-state index contributed by atoms with van der Waals surface area (Å²) in [4.78, 5) is 0. The van der Waals surface area contributed by atoms with Crippen LogP contribution in [0.1, 0.15) is 52.3 Å². The van der Waals surface area contributed by atoms with Crippen molar-refractivity contribution in [2.45, 2.75) is 59.0 Å². The number of nitrogens with one attached hydrogen (secondary N) is 1. The molecule has 1 aliphatic carbocycles. The molecule has 1 heterocycles. The van der Waals surface area contributed by atoms with Crippen molar-refractivity contribution in [2.24, 2.45) is 11.3 Å². The lowest BCUT2D eigenvalue weighted by atomic mass is 9.69. The summed E-state index contributed by atoms with van der Waals surface area (Å²) in [5.74, 6) is 2.69. The summed E-state index contributed by atoms with van der Waals surface area (Å²) >= 11 is 0. The van der Waals surface area contributed by atoms with E-state index >= 15 is 0 Å². The van der Waals surface area contributed by atoms with Gasteiger partial charge in [-0.2, -0.15) is 0 Å². The van der Waals surface area contributed by atoms with Crippen LogP contribution in [0.5, 0.6) is 5.75 Å². The first-order chi connectivity index (χ1) is 12.0. The zero-order valence-corrected chi connectivity index (χ0v) is 15.7. The van der Waals surface area contributed by atoms with Crippen molar-refractivity contribution in [1.82, 2.24) is 15.5 Å². The maximum Gasteiger partial charge on any atom is 0.247 e. The van der Waals surface area contributed by atoms with Gasteiger partial charge in [-0.05, 0) is 48.4 Å². The predicted molar refractivity (Wildman–Crippen MR) is 98.3 cm³/mol. The van der Waals surface area contributed by atoms with Gasteiger partial charge in [0.05, 0.1) is 13.7 Å². The van der Waals surface area contributed by atoms with Gasteiger partial charge in [-0.25, -0.2) is 0 Å². The first kappa shape index (κ1) is 17.9. The lowest BCUT2D eigenvalue weighted by molar-refractivity contribution is 0.128. The molecule has 3 rings (SSSR count). The molecule has 2 aromatic rings. The maximum atomic E-state index is 5.83. The Labute approximate surface area is 150 Å². The molecular weight excluding hydrogens is 314 g/mol. The van der Waals surface area contributed by atoms with E-state index in [1.54, 1.807) is 7.11 Å². The van der Waals surface area contributed by atoms with Crippen molar-refractivity contribution in [3.63, 3.8) is 0 Å². The van der Waals surface area contributed by atoms with Gasteiger partial charge in [-0.3, -0.25) is 0 Å². The number of hydrogen-bond acceptors (Lipinski definition) is 5. The molecule has 1 aliphatic rings. The Hall–Kier alpha value is -1.88. The fourth-order valence-electron chi connectivity index (χ4n) is 3.81. The van der Waals surface area contributed by atoms with Gasteiger partial charge >= 0.3 is 0 Å². The van der Waals surface area contributed by atoms with Gasteiger partial charge in [0.1, 0.15) is 5.75 Å². The standard InChI is InChI=1S/C20H29N3O2/c1-20(2,3)16-7-5-6-8-17(16)21-13-18-22-23-19(25-18)14-9-11-15(24-4)12-10-14/h9-12,16-17,21H,5-8,13H2,1-4H3. The molecule has 1 N–H and O–H groups in total. The van der Waals surface area contributed by atoms with Crippen LogP contribution in [0.15, 0.2) is 28.7 Å². The average Bonchev–Trinajstić information content (AvgIpc) is 3.08. The molecule has 1 fully saturated rings. The minimum absolute atomic E-state index is 0.321. The molecule has 0 amide bonds. The number of aromatic nitrogens is 2. The predicted octanol–water partition coefficient (Wildman–Crippen LogP) is 4.44. The Morgan fingerprint density at radius 2 is 1.84 bits per heavy atom. The van der Waals surface area contributed by atoms with E-state index in [1.807, 2.05) is 24.3 Å². The summed E-state index contributed by atoms with van der Waals surface area (Å²) in [5.41, 5.74) is 1.23. The second-order valence-corrected chi connectivity index (χ2v) is 7.97. The molecule has 0 saturated heterocycles. The quantitative estimate of drug-likeness (QED) is 0.869. The van der Waals surface area contributed by atoms with Crippen molar-refractivity contribution < 1.29 is 9.15 Å². The second kappa shape index (κ2) is 7.56. The normalized spacial score (nSPS) is 21.3. The Balaban J connectivity index is 1.62. The molecule has 0 aliphatic heterocycles. The molecule has 1 aromatic carbocycles. The summed E-state index contributed by atoms with van der Waals surface area (Å²) in [5, 5.41) is 12.0. The smallest absolute Gasteiger partial charge is 0.247 e. The molecule has 2 atom stereocenters. The van der Waals surface area contributed by atoms with Crippen molar-refractivity contribution >= 4 is 0 Å². The molecule has 25 heavy (non-hydrogen) atoms. The maximum absolute atomic E-state index is 5.83. The lowest BCUT2D eigenvalue weighted by Gasteiger charge is -2.40. The number of ether oxygens (including phenoxy) is 1. The number of benzene rings is 1. The van der Waals surface area contributed by atoms with E-state index in [0.717, 1.165) is 11.3 Å². The largest absolute Gasteiger partial charge is 0.497 e. The summed E-state index contributed by atoms with van der Waals surface area (Å²) in [6, 6.07) is 8.17. The molecule has 0 bridgehead atoms. The van der Waals surface area contributed by atoms with E-state index in [1.165, 1.54) is 25.7 Å². The van der Waals surface area contributed by atoms with Crippen LogP contribution in [-0.2, 0) is 6.54 Å². The zero-order chi connectivity index (χ0) is 17.9. The van der Waals surface area contributed by atoms with Crippen molar-refractivity contribution in [3.8, 4) is 17.2 Å². The van der Waals surface area contributed by atoms with Crippen molar-refractivity contribution in [3.05, 3.63) is 30.2 Å².